The summed E-state index contributed by atoms with van der Waals surface area (Å²) in [6.07, 6.45) is 3.24. The number of phenols is 1. The molecule has 1 aliphatic heterocycles. The number of rotatable bonds is 4. The lowest BCUT2D eigenvalue weighted by molar-refractivity contribution is -0.137. The Kier molecular flexibility index (Phi) is 5.22. The van der Waals surface area contributed by atoms with E-state index in [2.05, 4.69) is 15.9 Å². The van der Waals surface area contributed by atoms with E-state index in [4.69, 9.17) is 5.11 Å². The number of hydrogen-bond donors (Lipinski definition) is 2. The van der Waals surface area contributed by atoms with Gasteiger partial charge in [0.25, 0.3) is 5.91 Å². The third-order valence-electron chi connectivity index (χ3n) is 3.77. The van der Waals surface area contributed by atoms with Crippen LogP contribution in [-0.2, 0) is 4.79 Å². The highest BCUT2D eigenvalue weighted by atomic mass is 79.9. The van der Waals surface area contributed by atoms with E-state index in [-0.39, 0.29) is 29.7 Å². The fourth-order valence-corrected chi connectivity index (χ4v) is 3.05. The molecule has 0 aliphatic carbocycles. The normalized spacial score (nSPS) is 18.5. The molecule has 0 spiro atoms. The minimum absolute atomic E-state index is 0.0563. The number of carboxylic acids is 1. The molecule has 1 aromatic carbocycles. The Balaban J connectivity index is 2.16. The van der Waals surface area contributed by atoms with Crippen molar-refractivity contribution in [1.29, 1.82) is 0 Å². The van der Waals surface area contributed by atoms with E-state index in [0.717, 1.165) is 19.3 Å². The molecule has 2 rings (SSSR count). The minimum Gasteiger partial charge on any atom is -0.507 e. The second-order valence-corrected chi connectivity index (χ2v) is 6.16. The molecule has 114 valence electrons. The number of phenolic OH excluding ortho intramolecular Hbond substituents is 1. The maximum atomic E-state index is 12.6. The summed E-state index contributed by atoms with van der Waals surface area (Å²) in [7, 11) is 0. The Morgan fingerprint density at radius 1 is 1.33 bits per heavy atom. The third kappa shape index (κ3) is 3.97. The Morgan fingerprint density at radius 3 is 2.76 bits per heavy atom. The average Bonchev–Trinajstić information content (AvgIpc) is 2.45. The van der Waals surface area contributed by atoms with Crippen LogP contribution in [0.4, 0.5) is 0 Å². The maximum Gasteiger partial charge on any atom is 0.303 e. The highest BCUT2D eigenvalue weighted by Crippen LogP contribution is 2.28. The van der Waals surface area contributed by atoms with Crippen LogP contribution in [0.5, 0.6) is 5.75 Å². The van der Waals surface area contributed by atoms with Gasteiger partial charge in [0, 0.05) is 23.5 Å². The predicted molar refractivity (Wildman–Crippen MR) is 81.4 cm³/mol. The summed E-state index contributed by atoms with van der Waals surface area (Å²) in [6, 6.07) is 4.72. The van der Waals surface area contributed by atoms with Crippen LogP contribution in [0.15, 0.2) is 22.7 Å². The van der Waals surface area contributed by atoms with Gasteiger partial charge in [0.1, 0.15) is 5.75 Å². The number of benzene rings is 1. The van der Waals surface area contributed by atoms with Crippen molar-refractivity contribution in [3.8, 4) is 5.75 Å². The number of aliphatic carboxylic acids is 1. The number of hydrogen-bond acceptors (Lipinski definition) is 3. The number of likely N-dealkylation sites (tertiary alicyclic amines) is 1. The van der Waals surface area contributed by atoms with Crippen LogP contribution < -0.4 is 0 Å². The lowest BCUT2D eigenvalue weighted by Crippen LogP contribution is -2.44. The summed E-state index contributed by atoms with van der Waals surface area (Å²) in [6.45, 7) is 0.610. The molecule has 2 N–H and O–H groups in total. The highest BCUT2D eigenvalue weighted by molar-refractivity contribution is 9.10. The van der Waals surface area contributed by atoms with Gasteiger partial charge in [0.05, 0.1) is 5.56 Å². The van der Waals surface area contributed by atoms with Crippen LogP contribution in [0.25, 0.3) is 0 Å². The summed E-state index contributed by atoms with van der Waals surface area (Å²) in [5.74, 6) is -1.13. The van der Waals surface area contributed by atoms with Gasteiger partial charge < -0.3 is 15.1 Å². The molecule has 0 radical (unpaired) electrons. The highest BCUT2D eigenvalue weighted by Gasteiger charge is 2.29. The topological polar surface area (TPSA) is 77.8 Å². The van der Waals surface area contributed by atoms with Gasteiger partial charge in [0.15, 0.2) is 0 Å². The summed E-state index contributed by atoms with van der Waals surface area (Å²) >= 11 is 3.24. The fraction of sp³-hybridized carbons (Fsp3) is 0.467. The first kappa shape index (κ1) is 15.8. The monoisotopic (exact) mass is 355 g/mol. The van der Waals surface area contributed by atoms with E-state index < -0.39 is 5.97 Å². The predicted octanol–water partition coefficient (Wildman–Crippen LogP) is 3.01. The first-order valence-electron chi connectivity index (χ1n) is 7.00. The number of carboxylic acid groups (broad SMARTS) is 1. The number of halogens is 1. The summed E-state index contributed by atoms with van der Waals surface area (Å²) < 4.78 is 0.706. The Bertz CT molecular complexity index is 546. The van der Waals surface area contributed by atoms with Gasteiger partial charge in [-0.3, -0.25) is 9.59 Å². The SMILES string of the molecule is O=C(O)CCC1CCCCN1C(=O)c1ccc(Br)cc1O. The van der Waals surface area contributed by atoms with E-state index in [1.165, 1.54) is 6.07 Å². The molecule has 1 aromatic rings. The van der Waals surface area contributed by atoms with Gasteiger partial charge in [-0.2, -0.15) is 0 Å². The van der Waals surface area contributed by atoms with Crippen LogP contribution in [0.3, 0.4) is 0 Å². The zero-order valence-corrected chi connectivity index (χ0v) is 13.2. The van der Waals surface area contributed by atoms with Crippen molar-refractivity contribution >= 4 is 27.8 Å². The van der Waals surface area contributed by atoms with Crippen molar-refractivity contribution in [3.63, 3.8) is 0 Å². The summed E-state index contributed by atoms with van der Waals surface area (Å²) in [5.41, 5.74) is 0.264. The van der Waals surface area contributed by atoms with E-state index in [9.17, 15) is 14.7 Å². The molecule has 1 unspecified atom stereocenters. The average molecular weight is 356 g/mol. The molecule has 6 heteroatoms. The van der Waals surface area contributed by atoms with Gasteiger partial charge >= 0.3 is 5.97 Å². The Labute approximate surface area is 131 Å². The molecule has 1 fully saturated rings. The molecule has 1 atom stereocenters. The number of amides is 1. The zero-order valence-electron chi connectivity index (χ0n) is 11.6. The molecular formula is C15H18BrNO4. The van der Waals surface area contributed by atoms with Crippen LogP contribution >= 0.6 is 15.9 Å². The van der Waals surface area contributed by atoms with Crippen molar-refractivity contribution < 1.29 is 19.8 Å². The standard InChI is InChI=1S/C15H18BrNO4/c16-10-4-6-12(13(18)9-10)15(21)17-8-2-1-3-11(17)5-7-14(19)20/h4,6,9,11,18H,1-3,5,7-8H2,(H,19,20). The quantitative estimate of drug-likeness (QED) is 0.869. The lowest BCUT2D eigenvalue weighted by Gasteiger charge is -2.35. The van der Waals surface area contributed by atoms with Crippen molar-refractivity contribution in [2.24, 2.45) is 0 Å². The van der Waals surface area contributed by atoms with Crippen molar-refractivity contribution in [2.75, 3.05) is 6.54 Å². The Morgan fingerprint density at radius 2 is 2.10 bits per heavy atom. The fourth-order valence-electron chi connectivity index (χ4n) is 2.70. The van der Waals surface area contributed by atoms with Gasteiger partial charge in [-0.25, -0.2) is 0 Å². The number of aromatic hydroxyl groups is 1. The molecule has 1 amide bonds. The summed E-state index contributed by atoms with van der Waals surface area (Å²) in [4.78, 5) is 25.0. The molecule has 1 aliphatic rings. The first-order chi connectivity index (χ1) is 9.99. The zero-order chi connectivity index (χ0) is 15.4. The van der Waals surface area contributed by atoms with Crippen LogP contribution in [0.1, 0.15) is 42.5 Å². The van der Waals surface area contributed by atoms with Gasteiger partial charge in [-0.1, -0.05) is 15.9 Å². The van der Waals surface area contributed by atoms with E-state index in [0.29, 0.717) is 17.4 Å². The first-order valence-corrected chi connectivity index (χ1v) is 7.79. The van der Waals surface area contributed by atoms with Gasteiger partial charge in [-0.05, 0) is 43.9 Å². The molecule has 1 heterocycles. The molecule has 21 heavy (non-hydrogen) atoms. The maximum absolute atomic E-state index is 12.6. The number of nitrogens with zero attached hydrogens (tertiary/aromatic N) is 1. The smallest absolute Gasteiger partial charge is 0.303 e. The van der Waals surface area contributed by atoms with E-state index in [1.807, 2.05) is 0 Å². The third-order valence-corrected chi connectivity index (χ3v) is 4.26. The molecule has 5 nitrogen and oxygen atoms in total. The van der Waals surface area contributed by atoms with E-state index >= 15 is 0 Å². The van der Waals surface area contributed by atoms with Crippen molar-refractivity contribution in [1.82, 2.24) is 4.90 Å². The number of piperidine rings is 1. The number of carbonyl (C=O) groups is 2. The van der Waals surface area contributed by atoms with Gasteiger partial charge in [-0.15, -0.1) is 0 Å². The molecular weight excluding hydrogens is 338 g/mol. The number of carbonyl (C=O) groups excluding carboxylic acids is 1. The van der Waals surface area contributed by atoms with Crippen LogP contribution in [-0.4, -0.2) is 39.6 Å². The van der Waals surface area contributed by atoms with Crippen molar-refractivity contribution in [2.45, 2.75) is 38.1 Å². The van der Waals surface area contributed by atoms with Gasteiger partial charge in [0.2, 0.25) is 0 Å². The Hall–Kier alpha value is -1.56. The summed E-state index contributed by atoms with van der Waals surface area (Å²) in [5, 5.41) is 18.7. The minimum atomic E-state index is -0.848. The van der Waals surface area contributed by atoms with Crippen molar-refractivity contribution in [3.05, 3.63) is 28.2 Å². The van der Waals surface area contributed by atoms with E-state index in [1.54, 1.807) is 17.0 Å². The lowest BCUT2D eigenvalue weighted by atomic mass is 9.96. The second kappa shape index (κ2) is 6.93. The molecule has 0 saturated carbocycles. The van der Waals surface area contributed by atoms with Crippen LogP contribution in [0.2, 0.25) is 0 Å². The molecule has 0 bridgehead atoms. The second-order valence-electron chi connectivity index (χ2n) is 5.24. The van der Waals surface area contributed by atoms with Crippen LogP contribution in [0, 0.1) is 0 Å². The largest absolute Gasteiger partial charge is 0.507 e. The molecule has 0 aromatic heterocycles. The molecule has 1 saturated heterocycles.